The summed E-state index contributed by atoms with van der Waals surface area (Å²) in [5.74, 6) is 1.46. The zero-order valence-electron chi connectivity index (χ0n) is 15.5. The molecule has 1 aliphatic heterocycles. The van der Waals surface area contributed by atoms with Crippen LogP contribution < -0.4 is 5.32 Å². The summed E-state index contributed by atoms with van der Waals surface area (Å²) < 4.78 is 5.45. The van der Waals surface area contributed by atoms with Crippen LogP contribution in [0.2, 0.25) is 0 Å². The number of carbonyl (C=O) groups excluding carboxylic acids is 1. The molecule has 2 heterocycles. The summed E-state index contributed by atoms with van der Waals surface area (Å²) in [7, 11) is 0. The lowest BCUT2D eigenvalue weighted by Gasteiger charge is -2.41. The van der Waals surface area contributed by atoms with Gasteiger partial charge in [0.15, 0.2) is 5.89 Å². The molecule has 1 saturated heterocycles. The van der Waals surface area contributed by atoms with E-state index in [1.54, 1.807) is 13.8 Å². The summed E-state index contributed by atoms with van der Waals surface area (Å²) in [6.45, 7) is 10.9. The van der Waals surface area contributed by atoms with E-state index in [0.717, 1.165) is 19.6 Å². The maximum atomic E-state index is 12.6. The molecule has 0 unspecified atom stereocenters. The Morgan fingerprint density at radius 3 is 2.40 bits per heavy atom. The number of aryl methyl sites for hydroxylation is 2. The van der Waals surface area contributed by atoms with Crippen LogP contribution >= 0.6 is 0 Å². The van der Waals surface area contributed by atoms with Crippen LogP contribution in [0.4, 0.5) is 0 Å². The maximum absolute atomic E-state index is 12.6. The summed E-state index contributed by atoms with van der Waals surface area (Å²) in [6.07, 6.45) is 0. The molecule has 1 N–H and O–H groups in total. The molecule has 1 aliphatic rings. The van der Waals surface area contributed by atoms with Gasteiger partial charge in [-0.15, -0.1) is 0 Å². The van der Waals surface area contributed by atoms with Crippen LogP contribution in [0.3, 0.4) is 0 Å². The van der Waals surface area contributed by atoms with Crippen molar-refractivity contribution in [1.29, 1.82) is 0 Å². The van der Waals surface area contributed by atoms with E-state index in [4.69, 9.17) is 4.42 Å². The van der Waals surface area contributed by atoms with Gasteiger partial charge in [-0.25, -0.2) is 4.98 Å². The molecule has 5 heteroatoms. The van der Waals surface area contributed by atoms with Gasteiger partial charge in [-0.1, -0.05) is 44.2 Å². The van der Waals surface area contributed by atoms with Gasteiger partial charge in [0.1, 0.15) is 0 Å². The highest BCUT2D eigenvalue weighted by molar-refractivity contribution is 5.92. The number of amides is 1. The molecule has 134 valence electrons. The van der Waals surface area contributed by atoms with Crippen molar-refractivity contribution in [1.82, 2.24) is 15.2 Å². The summed E-state index contributed by atoms with van der Waals surface area (Å²) in [6, 6.07) is 10.7. The van der Waals surface area contributed by atoms with Gasteiger partial charge < -0.3 is 9.73 Å². The predicted octanol–water partition coefficient (Wildman–Crippen LogP) is 3.18. The zero-order chi connectivity index (χ0) is 18.0. The topological polar surface area (TPSA) is 58.4 Å². The SMILES string of the molecule is Cc1nc(C)c(C(=O)NC2[C@H](C)CN(Cc3ccccc3)C[C@H]2C)o1. The minimum absolute atomic E-state index is 0.143. The fourth-order valence-corrected chi connectivity index (χ4v) is 3.89. The van der Waals surface area contributed by atoms with Gasteiger partial charge >= 0.3 is 0 Å². The Labute approximate surface area is 149 Å². The number of hydrogen-bond donors (Lipinski definition) is 1. The molecule has 0 bridgehead atoms. The highest BCUT2D eigenvalue weighted by atomic mass is 16.4. The first-order valence-electron chi connectivity index (χ1n) is 8.95. The standard InChI is InChI=1S/C20H27N3O2/c1-13-10-23(12-17-8-6-5-7-9-17)11-14(2)18(13)22-20(24)19-15(3)21-16(4)25-19/h5-9,13-14,18H,10-12H2,1-4H3,(H,22,24)/t13-,14-/m1/s1. The van der Waals surface area contributed by atoms with Crippen LogP contribution in [0, 0.1) is 25.7 Å². The summed E-state index contributed by atoms with van der Waals surface area (Å²) >= 11 is 0. The Hall–Kier alpha value is -2.14. The number of benzene rings is 1. The van der Waals surface area contributed by atoms with Crippen LogP contribution in [0.25, 0.3) is 0 Å². The molecule has 0 aliphatic carbocycles. The van der Waals surface area contributed by atoms with Crippen molar-refractivity contribution in [2.75, 3.05) is 13.1 Å². The number of rotatable bonds is 4. The van der Waals surface area contributed by atoms with Gasteiger partial charge in [-0.2, -0.15) is 0 Å². The van der Waals surface area contributed by atoms with Crippen LogP contribution in [0.15, 0.2) is 34.7 Å². The number of nitrogens with zero attached hydrogens (tertiary/aromatic N) is 2. The van der Waals surface area contributed by atoms with Crippen molar-refractivity contribution in [3.63, 3.8) is 0 Å². The van der Waals surface area contributed by atoms with E-state index in [1.807, 2.05) is 6.07 Å². The number of piperidine rings is 1. The van der Waals surface area contributed by atoms with Gasteiger partial charge in [0, 0.05) is 32.6 Å². The van der Waals surface area contributed by atoms with Gasteiger partial charge in [-0.3, -0.25) is 9.69 Å². The number of likely N-dealkylation sites (tertiary alicyclic amines) is 1. The van der Waals surface area contributed by atoms with Crippen molar-refractivity contribution in [3.05, 3.63) is 53.2 Å². The van der Waals surface area contributed by atoms with Gasteiger partial charge in [-0.05, 0) is 24.3 Å². The molecule has 1 fully saturated rings. The minimum atomic E-state index is -0.154. The molecular formula is C20H27N3O2. The summed E-state index contributed by atoms with van der Waals surface area (Å²) in [4.78, 5) is 19.2. The second kappa shape index (κ2) is 7.40. The molecule has 1 amide bonds. The van der Waals surface area contributed by atoms with Gasteiger partial charge in [0.2, 0.25) is 5.76 Å². The third-order valence-electron chi connectivity index (χ3n) is 4.97. The van der Waals surface area contributed by atoms with Crippen LogP contribution in [0.1, 0.15) is 41.6 Å². The molecule has 3 rings (SSSR count). The van der Waals surface area contributed by atoms with E-state index in [0.29, 0.717) is 29.2 Å². The minimum Gasteiger partial charge on any atom is -0.436 e. The van der Waals surface area contributed by atoms with Crippen molar-refractivity contribution in [2.24, 2.45) is 11.8 Å². The number of nitrogens with one attached hydrogen (secondary N) is 1. The fraction of sp³-hybridized carbons (Fsp3) is 0.500. The molecule has 0 radical (unpaired) electrons. The van der Waals surface area contributed by atoms with E-state index in [2.05, 4.69) is 53.3 Å². The van der Waals surface area contributed by atoms with Gasteiger partial charge in [0.05, 0.1) is 5.69 Å². The van der Waals surface area contributed by atoms with E-state index in [9.17, 15) is 4.79 Å². The highest BCUT2D eigenvalue weighted by Gasteiger charge is 2.34. The van der Waals surface area contributed by atoms with Gasteiger partial charge in [0.25, 0.3) is 5.91 Å². The third kappa shape index (κ3) is 4.10. The zero-order valence-corrected chi connectivity index (χ0v) is 15.5. The number of carbonyl (C=O) groups is 1. The first-order valence-corrected chi connectivity index (χ1v) is 8.95. The third-order valence-corrected chi connectivity index (χ3v) is 4.97. The van der Waals surface area contributed by atoms with Crippen LogP contribution in [-0.4, -0.2) is 34.9 Å². The van der Waals surface area contributed by atoms with Crippen molar-refractivity contribution < 1.29 is 9.21 Å². The maximum Gasteiger partial charge on any atom is 0.289 e. The molecule has 1 aromatic carbocycles. The fourth-order valence-electron chi connectivity index (χ4n) is 3.89. The lowest BCUT2D eigenvalue weighted by Crippen LogP contribution is -2.54. The van der Waals surface area contributed by atoms with Crippen LogP contribution in [-0.2, 0) is 6.54 Å². The second-order valence-electron chi connectivity index (χ2n) is 7.28. The Balaban J connectivity index is 1.62. The Morgan fingerprint density at radius 2 is 1.84 bits per heavy atom. The molecular weight excluding hydrogens is 314 g/mol. The molecule has 1 aromatic heterocycles. The number of hydrogen-bond acceptors (Lipinski definition) is 4. The lowest BCUT2D eigenvalue weighted by atomic mass is 9.85. The lowest BCUT2D eigenvalue weighted by molar-refractivity contribution is 0.0711. The first-order chi connectivity index (χ1) is 11.9. The van der Waals surface area contributed by atoms with E-state index < -0.39 is 0 Å². The first kappa shape index (κ1) is 17.7. The normalized spacial score (nSPS) is 22.1. The highest BCUT2D eigenvalue weighted by Crippen LogP contribution is 2.24. The predicted molar refractivity (Wildman–Crippen MR) is 97.3 cm³/mol. The van der Waals surface area contributed by atoms with Crippen LogP contribution in [0.5, 0.6) is 0 Å². The molecule has 25 heavy (non-hydrogen) atoms. The molecule has 5 nitrogen and oxygen atoms in total. The van der Waals surface area contributed by atoms with E-state index in [-0.39, 0.29) is 11.9 Å². The Bertz CT molecular complexity index is 714. The molecule has 2 aromatic rings. The van der Waals surface area contributed by atoms with E-state index >= 15 is 0 Å². The van der Waals surface area contributed by atoms with Crippen molar-refractivity contribution in [3.8, 4) is 0 Å². The summed E-state index contributed by atoms with van der Waals surface area (Å²) in [5, 5.41) is 3.17. The number of aromatic nitrogens is 1. The molecule has 2 atom stereocenters. The summed E-state index contributed by atoms with van der Waals surface area (Å²) in [5.41, 5.74) is 1.98. The van der Waals surface area contributed by atoms with Crippen molar-refractivity contribution in [2.45, 2.75) is 40.3 Å². The quantitative estimate of drug-likeness (QED) is 0.928. The largest absolute Gasteiger partial charge is 0.436 e. The molecule has 0 saturated carbocycles. The van der Waals surface area contributed by atoms with Crippen molar-refractivity contribution >= 4 is 5.91 Å². The molecule has 0 spiro atoms. The smallest absolute Gasteiger partial charge is 0.289 e. The average molecular weight is 341 g/mol. The average Bonchev–Trinajstić information content (AvgIpc) is 2.90. The van der Waals surface area contributed by atoms with E-state index in [1.165, 1.54) is 5.56 Å². The monoisotopic (exact) mass is 341 g/mol. The Morgan fingerprint density at radius 1 is 1.20 bits per heavy atom. The number of oxazole rings is 1. The Kier molecular flexibility index (Phi) is 5.23. The second-order valence-corrected chi connectivity index (χ2v) is 7.28.